The molecule has 1 aliphatic heterocycles. The number of carbonyl (C=O) groups excluding carboxylic acids is 2. The van der Waals surface area contributed by atoms with Crippen LogP contribution in [0.25, 0.3) is 11.1 Å². The number of hydrogen-bond acceptors (Lipinski definition) is 3. The number of piperidine rings is 1. The van der Waals surface area contributed by atoms with Gasteiger partial charge >= 0.3 is 0 Å². The molecule has 0 radical (unpaired) electrons. The molecule has 0 saturated carbocycles. The molecule has 25 heavy (non-hydrogen) atoms. The van der Waals surface area contributed by atoms with Crippen LogP contribution in [0.5, 0.6) is 0 Å². The topological polar surface area (TPSA) is 50.3 Å². The number of benzene rings is 1. The minimum atomic E-state index is -0.283. The monoisotopic (exact) mass is 336 g/mol. The third-order valence-electron chi connectivity index (χ3n) is 4.82. The first kappa shape index (κ1) is 17.3. The molecule has 1 amide bonds. The highest BCUT2D eigenvalue weighted by Crippen LogP contribution is 2.24. The summed E-state index contributed by atoms with van der Waals surface area (Å²) in [5.41, 5.74) is 3.68. The lowest BCUT2D eigenvalue weighted by Crippen LogP contribution is -2.47. The molecule has 1 atom stereocenters. The van der Waals surface area contributed by atoms with Crippen LogP contribution in [-0.4, -0.2) is 34.2 Å². The summed E-state index contributed by atoms with van der Waals surface area (Å²) in [7, 11) is 0. The van der Waals surface area contributed by atoms with Crippen molar-refractivity contribution in [3.05, 3.63) is 53.9 Å². The number of amides is 1. The van der Waals surface area contributed by atoms with Crippen LogP contribution >= 0.6 is 0 Å². The number of aryl methyl sites for hydroxylation is 1. The smallest absolute Gasteiger partial charge is 0.256 e. The van der Waals surface area contributed by atoms with Gasteiger partial charge in [-0.2, -0.15) is 0 Å². The van der Waals surface area contributed by atoms with E-state index >= 15 is 0 Å². The summed E-state index contributed by atoms with van der Waals surface area (Å²) >= 11 is 0. The second-order valence-electron chi connectivity index (χ2n) is 6.66. The van der Waals surface area contributed by atoms with E-state index in [9.17, 15) is 9.59 Å². The largest absolute Gasteiger partial charge is 0.329 e. The Balaban J connectivity index is 1.89. The number of aromatic nitrogens is 1. The van der Waals surface area contributed by atoms with Crippen LogP contribution in [0.2, 0.25) is 0 Å². The lowest BCUT2D eigenvalue weighted by Gasteiger charge is -2.34. The Morgan fingerprint density at radius 3 is 2.76 bits per heavy atom. The highest BCUT2D eigenvalue weighted by atomic mass is 16.2. The molecule has 3 rings (SSSR count). The van der Waals surface area contributed by atoms with E-state index in [-0.39, 0.29) is 17.7 Å². The zero-order chi connectivity index (χ0) is 17.8. The van der Waals surface area contributed by atoms with Gasteiger partial charge in [0.15, 0.2) is 5.78 Å². The van der Waals surface area contributed by atoms with Crippen LogP contribution < -0.4 is 0 Å². The van der Waals surface area contributed by atoms with Crippen molar-refractivity contribution in [2.75, 3.05) is 6.54 Å². The van der Waals surface area contributed by atoms with Gasteiger partial charge in [0.1, 0.15) is 0 Å². The van der Waals surface area contributed by atoms with Crippen LogP contribution in [0, 0.1) is 6.92 Å². The Morgan fingerprint density at radius 2 is 2.00 bits per heavy atom. The van der Waals surface area contributed by atoms with E-state index in [4.69, 9.17) is 0 Å². The Morgan fingerprint density at radius 1 is 1.16 bits per heavy atom. The molecule has 1 aromatic carbocycles. The van der Waals surface area contributed by atoms with Gasteiger partial charge in [-0.1, -0.05) is 36.8 Å². The quantitative estimate of drug-likeness (QED) is 0.847. The number of nitrogens with zero attached hydrogens (tertiary/aromatic N) is 2. The van der Waals surface area contributed by atoms with E-state index in [1.165, 1.54) is 5.56 Å². The SMILES string of the molecule is CCC(=O)C1CCCCN1C(=O)c1cncc(-c2cccc(C)c2)c1. The Labute approximate surface area is 148 Å². The molecule has 0 spiro atoms. The highest BCUT2D eigenvalue weighted by Gasteiger charge is 2.31. The maximum atomic E-state index is 13.0. The van der Waals surface area contributed by atoms with Crippen LogP contribution in [0.15, 0.2) is 42.7 Å². The van der Waals surface area contributed by atoms with Gasteiger partial charge in [0, 0.05) is 30.9 Å². The predicted octanol–water partition coefficient (Wildman–Crippen LogP) is 4.03. The van der Waals surface area contributed by atoms with Gasteiger partial charge in [0.2, 0.25) is 0 Å². The number of carbonyl (C=O) groups is 2. The highest BCUT2D eigenvalue weighted by molar-refractivity contribution is 5.98. The number of rotatable bonds is 4. The summed E-state index contributed by atoms with van der Waals surface area (Å²) in [5, 5.41) is 0. The van der Waals surface area contributed by atoms with Crippen molar-refractivity contribution in [1.29, 1.82) is 0 Å². The zero-order valence-electron chi connectivity index (χ0n) is 14.9. The summed E-state index contributed by atoms with van der Waals surface area (Å²) in [6.07, 6.45) is 6.56. The summed E-state index contributed by atoms with van der Waals surface area (Å²) < 4.78 is 0. The Hall–Kier alpha value is -2.49. The normalized spacial score (nSPS) is 17.4. The predicted molar refractivity (Wildman–Crippen MR) is 98.4 cm³/mol. The minimum Gasteiger partial charge on any atom is -0.329 e. The maximum Gasteiger partial charge on any atom is 0.256 e. The molecule has 0 aliphatic carbocycles. The molecular weight excluding hydrogens is 312 g/mol. The van der Waals surface area contributed by atoms with Crippen LogP contribution in [-0.2, 0) is 4.79 Å². The lowest BCUT2D eigenvalue weighted by molar-refractivity contribution is -0.124. The number of Topliss-reactive ketones (excluding diaryl/α,β-unsaturated/α-hetero) is 1. The van der Waals surface area contributed by atoms with Gasteiger partial charge in [-0.15, -0.1) is 0 Å². The lowest BCUT2D eigenvalue weighted by atomic mass is 9.96. The molecule has 0 N–H and O–H groups in total. The molecule has 2 aromatic rings. The van der Waals surface area contributed by atoms with E-state index in [0.29, 0.717) is 18.5 Å². The fraction of sp³-hybridized carbons (Fsp3) is 0.381. The fourth-order valence-corrected chi connectivity index (χ4v) is 3.45. The molecular formula is C21H24N2O2. The molecule has 4 nitrogen and oxygen atoms in total. The fourth-order valence-electron chi connectivity index (χ4n) is 3.45. The van der Waals surface area contributed by atoms with E-state index in [0.717, 1.165) is 30.4 Å². The van der Waals surface area contributed by atoms with Gasteiger partial charge in [0.05, 0.1) is 11.6 Å². The van der Waals surface area contributed by atoms with Gasteiger partial charge < -0.3 is 4.90 Å². The molecule has 1 aromatic heterocycles. The second-order valence-corrected chi connectivity index (χ2v) is 6.66. The average Bonchev–Trinajstić information content (AvgIpc) is 2.67. The number of pyridine rings is 1. The van der Waals surface area contributed by atoms with Crippen molar-refractivity contribution in [2.45, 2.75) is 45.6 Å². The summed E-state index contributed by atoms with van der Waals surface area (Å²) in [6, 6.07) is 9.74. The van der Waals surface area contributed by atoms with Gasteiger partial charge in [-0.25, -0.2) is 0 Å². The second kappa shape index (κ2) is 7.60. The van der Waals surface area contributed by atoms with Crippen LogP contribution in [0.4, 0.5) is 0 Å². The van der Waals surface area contributed by atoms with Crippen molar-refractivity contribution in [3.63, 3.8) is 0 Å². The van der Waals surface area contributed by atoms with Crippen LogP contribution in [0.1, 0.15) is 48.5 Å². The van der Waals surface area contributed by atoms with Crippen molar-refractivity contribution in [2.24, 2.45) is 0 Å². The van der Waals surface area contributed by atoms with Crippen LogP contribution in [0.3, 0.4) is 0 Å². The van der Waals surface area contributed by atoms with E-state index in [2.05, 4.69) is 11.1 Å². The number of hydrogen-bond donors (Lipinski definition) is 0. The minimum absolute atomic E-state index is 0.0893. The first-order valence-electron chi connectivity index (χ1n) is 8.96. The van der Waals surface area contributed by atoms with E-state index < -0.39 is 0 Å². The zero-order valence-corrected chi connectivity index (χ0v) is 14.9. The maximum absolute atomic E-state index is 13.0. The average molecular weight is 336 g/mol. The standard InChI is InChI=1S/C21H24N2O2/c1-3-20(24)19-9-4-5-10-23(19)21(25)18-12-17(13-22-14-18)16-8-6-7-15(2)11-16/h6-8,11-14,19H,3-5,9-10H2,1-2H3. The van der Waals surface area contributed by atoms with E-state index in [1.807, 2.05) is 38.1 Å². The summed E-state index contributed by atoms with van der Waals surface area (Å²) in [4.78, 5) is 31.3. The first-order chi connectivity index (χ1) is 12.1. The van der Waals surface area contributed by atoms with Crippen molar-refractivity contribution < 1.29 is 9.59 Å². The molecule has 1 aliphatic rings. The molecule has 4 heteroatoms. The summed E-state index contributed by atoms with van der Waals surface area (Å²) in [5.74, 6) is 0.0596. The first-order valence-corrected chi connectivity index (χ1v) is 8.96. The Bertz CT molecular complexity index is 785. The van der Waals surface area contributed by atoms with Gasteiger partial charge in [-0.05, 0) is 37.8 Å². The van der Waals surface area contributed by atoms with Crippen molar-refractivity contribution in [1.82, 2.24) is 9.88 Å². The molecule has 130 valence electrons. The Kier molecular flexibility index (Phi) is 5.27. The van der Waals surface area contributed by atoms with Gasteiger partial charge in [-0.3, -0.25) is 14.6 Å². The van der Waals surface area contributed by atoms with E-state index in [1.54, 1.807) is 17.3 Å². The molecule has 1 unspecified atom stereocenters. The third-order valence-corrected chi connectivity index (χ3v) is 4.82. The third kappa shape index (κ3) is 3.78. The van der Waals surface area contributed by atoms with Crippen molar-refractivity contribution >= 4 is 11.7 Å². The molecule has 1 saturated heterocycles. The van der Waals surface area contributed by atoms with Crippen molar-refractivity contribution in [3.8, 4) is 11.1 Å². The number of ketones is 1. The molecule has 2 heterocycles. The summed E-state index contributed by atoms with van der Waals surface area (Å²) in [6.45, 7) is 4.55. The number of likely N-dealkylation sites (tertiary alicyclic amines) is 1. The van der Waals surface area contributed by atoms with Gasteiger partial charge in [0.25, 0.3) is 5.91 Å². The molecule has 1 fully saturated rings. The molecule has 0 bridgehead atoms.